The topological polar surface area (TPSA) is 0 Å². The normalized spacial score (nSPS) is 14.3. The zero-order valence-electron chi connectivity index (χ0n) is 29.7. The van der Waals surface area contributed by atoms with E-state index in [9.17, 15) is 0 Å². The van der Waals surface area contributed by atoms with Crippen LogP contribution in [-0.2, 0) is 43.4 Å². The van der Waals surface area contributed by atoms with Gasteiger partial charge >= 0.3 is 43.4 Å². The monoisotopic (exact) mass is 776 g/mol. The first kappa shape index (κ1) is 58.7. The molecule has 0 saturated heterocycles. The second kappa shape index (κ2) is 41.7. The number of hydrogen-bond acceptors (Lipinski definition) is 0. The molecule has 0 aromatic carbocycles. The maximum absolute atomic E-state index is 3.36. The van der Waals surface area contributed by atoms with Gasteiger partial charge in [-0.15, -0.1) is 39.5 Å². The van der Waals surface area contributed by atoms with E-state index in [1.54, 1.807) is 0 Å². The predicted octanol–water partition coefficient (Wildman–Crippen LogP) is 1.04. The van der Waals surface area contributed by atoms with Crippen molar-refractivity contribution in [3.63, 3.8) is 0 Å². The zero-order chi connectivity index (χ0) is 29.3. The van der Waals surface area contributed by atoms with Crippen molar-refractivity contribution in [3.05, 3.63) is 94.2 Å². The molecule has 0 amide bonds. The van der Waals surface area contributed by atoms with Crippen LogP contribution in [0.3, 0.4) is 0 Å². The largest absolute Gasteiger partial charge is 4.00 e. The molecule has 0 atom stereocenters. The number of allylic oxidation sites excluding steroid dienone is 16. The van der Waals surface area contributed by atoms with Crippen LogP contribution in [0, 0.1) is 24.3 Å². The van der Waals surface area contributed by atoms with Crippen molar-refractivity contribution in [1.82, 2.24) is 0 Å². The van der Waals surface area contributed by atoms with E-state index in [-0.39, 0.29) is 93.1 Å². The van der Waals surface area contributed by atoms with Crippen LogP contribution in [0.4, 0.5) is 0 Å². The van der Waals surface area contributed by atoms with Crippen LogP contribution in [0.25, 0.3) is 0 Å². The summed E-state index contributed by atoms with van der Waals surface area (Å²) in [6, 6.07) is 0. The number of rotatable bonds is 14. The fourth-order valence-corrected chi connectivity index (χ4v) is 4.73. The van der Waals surface area contributed by atoms with E-state index in [2.05, 4.69) is 102 Å². The van der Waals surface area contributed by atoms with Crippen molar-refractivity contribution < 1.29 is 93.1 Å². The Balaban J connectivity index is -0.000000115. The van der Waals surface area contributed by atoms with Crippen molar-refractivity contribution in [1.29, 1.82) is 0 Å². The maximum Gasteiger partial charge on any atom is 4.00 e. The molecule has 4 aliphatic rings. The van der Waals surface area contributed by atoms with Gasteiger partial charge in [0.2, 0.25) is 0 Å². The van der Waals surface area contributed by atoms with Crippen molar-refractivity contribution in [2.75, 3.05) is 0 Å². The Morgan fingerprint density at radius 2 is 0.783 bits per heavy atom. The third kappa shape index (κ3) is 33.0. The van der Waals surface area contributed by atoms with E-state index in [0.717, 1.165) is 25.7 Å². The minimum Gasteiger partial charge on any atom is -1.00 e. The Morgan fingerprint density at radius 1 is 0.457 bits per heavy atom. The van der Waals surface area contributed by atoms with Crippen molar-refractivity contribution in [3.8, 4) is 0 Å². The Bertz CT molecular complexity index is 829. The van der Waals surface area contributed by atoms with Crippen molar-refractivity contribution in [2.24, 2.45) is 0 Å². The standard InChI is InChI=1S/2C13H21.2C7H9.4ClH.2Ti/c2*1-2-3-4-5-6-7-10-13-11-8-9-12-13;2*1-6-4-3-5-7(6)2;;;;;;/h2*8,11H,2-7,9-10H2,1H3;2*4H,3H2,1-2H3;4*1H;;/q4*-1;;;;;2*+4/p-4. The Hall–Kier alpha value is 0.509. The van der Waals surface area contributed by atoms with E-state index in [0.29, 0.717) is 0 Å². The van der Waals surface area contributed by atoms with Gasteiger partial charge in [0.05, 0.1) is 0 Å². The molecule has 0 bridgehead atoms. The van der Waals surface area contributed by atoms with Crippen molar-refractivity contribution >= 4 is 0 Å². The zero-order valence-corrected chi connectivity index (χ0v) is 35.9. The summed E-state index contributed by atoms with van der Waals surface area (Å²) in [5, 5.41) is 0. The summed E-state index contributed by atoms with van der Waals surface area (Å²) in [4.78, 5) is 0. The predicted molar refractivity (Wildman–Crippen MR) is 179 cm³/mol. The van der Waals surface area contributed by atoms with Crippen LogP contribution in [0.5, 0.6) is 0 Å². The fraction of sp³-hybridized carbons (Fsp3) is 0.600. The molecular weight excluding hydrogens is 718 g/mol. The molecule has 0 unspecified atom stereocenters. The van der Waals surface area contributed by atoms with E-state index in [1.807, 2.05) is 0 Å². The van der Waals surface area contributed by atoms with Gasteiger partial charge in [-0.25, -0.2) is 45.6 Å². The molecule has 0 aliphatic heterocycles. The summed E-state index contributed by atoms with van der Waals surface area (Å²) in [7, 11) is 0. The molecule has 0 aromatic heterocycles. The van der Waals surface area contributed by atoms with Gasteiger partial charge in [0, 0.05) is 0 Å². The molecular formula is C40H60Cl4Ti2. The molecule has 0 aromatic rings. The molecule has 46 heavy (non-hydrogen) atoms. The van der Waals surface area contributed by atoms with Gasteiger partial charge < -0.3 is 49.6 Å². The van der Waals surface area contributed by atoms with Crippen LogP contribution >= 0.6 is 0 Å². The summed E-state index contributed by atoms with van der Waals surface area (Å²) >= 11 is 0. The second-order valence-corrected chi connectivity index (χ2v) is 11.4. The summed E-state index contributed by atoms with van der Waals surface area (Å²) in [5.41, 5.74) is 8.30. The third-order valence-corrected chi connectivity index (χ3v) is 7.87. The van der Waals surface area contributed by atoms with Crippen LogP contribution in [0.1, 0.15) is 157 Å². The summed E-state index contributed by atoms with van der Waals surface area (Å²) < 4.78 is 0. The van der Waals surface area contributed by atoms with Gasteiger partial charge in [0.25, 0.3) is 0 Å². The maximum atomic E-state index is 3.36. The second-order valence-electron chi connectivity index (χ2n) is 11.4. The summed E-state index contributed by atoms with van der Waals surface area (Å²) in [6.07, 6.45) is 49.7. The quantitative estimate of drug-likeness (QED) is 0.141. The van der Waals surface area contributed by atoms with Crippen LogP contribution < -0.4 is 49.6 Å². The first-order chi connectivity index (χ1) is 19.5. The molecule has 6 heteroatoms. The molecule has 0 nitrogen and oxygen atoms in total. The Morgan fingerprint density at radius 3 is 1.00 bits per heavy atom. The number of hydrogen-bond donors (Lipinski definition) is 0. The summed E-state index contributed by atoms with van der Waals surface area (Å²) in [6.45, 7) is 13.0. The third-order valence-electron chi connectivity index (χ3n) is 7.87. The first-order valence-corrected chi connectivity index (χ1v) is 16.5. The van der Waals surface area contributed by atoms with Gasteiger partial charge in [0.1, 0.15) is 0 Å². The van der Waals surface area contributed by atoms with Gasteiger partial charge in [-0.1, -0.05) is 118 Å². The van der Waals surface area contributed by atoms with Gasteiger partial charge in [-0.05, 0) is 0 Å². The molecule has 0 heterocycles. The smallest absolute Gasteiger partial charge is 1.00 e. The molecule has 4 aliphatic carbocycles. The molecule has 0 radical (unpaired) electrons. The van der Waals surface area contributed by atoms with E-state index in [4.69, 9.17) is 0 Å². The minimum absolute atomic E-state index is 0. The van der Waals surface area contributed by atoms with Crippen LogP contribution in [0.2, 0.25) is 0 Å². The fourth-order valence-electron chi connectivity index (χ4n) is 4.73. The van der Waals surface area contributed by atoms with Gasteiger partial charge in [-0.3, -0.25) is 24.3 Å². The number of unbranched alkanes of at least 4 members (excludes halogenated alkanes) is 10. The van der Waals surface area contributed by atoms with E-state index < -0.39 is 0 Å². The SMILES string of the molecule is CC1=[C-]CC=C1C.CC1=[C-]CC=C1C.CCCCCCCCC1=[C-]CC=C1.CCCCCCCCC1=[C-]CC=C1.[Cl-].[Cl-].[Cl-].[Cl-].[Ti+4].[Ti+4]. The van der Waals surface area contributed by atoms with Crippen molar-refractivity contribution in [2.45, 2.75) is 157 Å². The molecule has 4 rings (SSSR count). The molecule has 0 spiro atoms. The van der Waals surface area contributed by atoms with Crippen LogP contribution in [0.15, 0.2) is 69.9 Å². The molecule has 0 saturated carbocycles. The first-order valence-electron chi connectivity index (χ1n) is 16.5. The van der Waals surface area contributed by atoms with Gasteiger partial charge in [-0.2, -0.15) is 24.3 Å². The number of halogens is 4. The van der Waals surface area contributed by atoms with Gasteiger partial charge in [0.15, 0.2) is 0 Å². The van der Waals surface area contributed by atoms with E-state index >= 15 is 0 Å². The van der Waals surface area contributed by atoms with E-state index in [1.165, 1.54) is 123 Å². The van der Waals surface area contributed by atoms with Crippen LogP contribution in [-0.4, -0.2) is 0 Å². The molecule has 0 N–H and O–H groups in total. The average molecular weight is 778 g/mol. The average Bonchev–Trinajstić information content (AvgIpc) is 3.78. The molecule has 256 valence electrons. The molecule has 0 fully saturated rings. The Labute approximate surface area is 341 Å². The minimum atomic E-state index is 0. The Kier molecular flexibility index (Phi) is 53.2. The summed E-state index contributed by atoms with van der Waals surface area (Å²) in [5.74, 6) is 0.